The van der Waals surface area contributed by atoms with E-state index in [2.05, 4.69) is 27.8 Å². The van der Waals surface area contributed by atoms with Crippen LogP contribution >= 0.6 is 0 Å². The molecule has 2 heteroatoms. The van der Waals surface area contributed by atoms with E-state index in [9.17, 15) is 0 Å². The van der Waals surface area contributed by atoms with Gasteiger partial charge in [-0.1, -0.05) is 40.0 Å². The highest BCUT2D eigenvalue weighted by Gasteiger charge is 2.20. The van der Waals surface area contributed by atoms with Crippen molar-refractivity contribution in [1.29, 1.82) is 0 Å². The second-order valence-corrected chi connectivity index (χ2v) is 6.17. The monoisotopic (exact) mass is 272 g/mol. The summed E-state index contributed by atoms with van der Waals surface area (Å²) in [5.74, 6) is 0. The molecular weight excluding hydrogens is 234 g/mol. The van der Waals surface area contributed by atoms with Crippen molar-refractivity contribution in [1.82, 2.24) is 0 Å². The van der Waals surface area contributed by atoms with E-state index < -0.39 is 0 Å². The molecule has 0 aromatic rings. The van der Waals surface area contributed by atoms with Gasteiger partial charge in [-0.3, -0.25) is 0 Å². The Morgan fingerprint density at radius 1 is 0.632 bits per heavy atom. The van der Waals surface area contributed by atoms with E-state index in [1.54, 1.807) is 0 Å². The maximum Gasteiger partial charge on any atom is 0.102 e. The number of hydrogen-bond donors (Lipinski definition) is 0. The van der Waals surface area contributed by atoms with E-state index in [1.165, 1.54) is 69.1 Å². The third kappa shape index (κ3) is 11.4. The first-order chi connectivity index (χ1) is 9.18. The van der Waals surface area contributed by atoms with Crippen LogP contribution in [0.4, 0.5) is 0 Å². The lowest BCUT2D eigenvalue weighted by Crippen LogP contribution is -2.47. The summed E-state index contributed by atoms with van der Waals surface area (Å²) in [5, 5.41) is 0. The molecule has 0 aromatic carbocycles. The van der Waals surface area contributed by atoms with Crippen molar-refractivity contribution in [3.8, 4) is 0 Å². The molecule has 116 valence electrons. The highest BCUT2D eigenvalue weighted by atomic mass is 16.5. The van der Waals surface area contributed by atoms with Crippen LogP contribution in [0.5, 0.6) is 0 Å². The molecule has 1 unspecified atom stereocenters. The molecule has 0 aromatic heterocycles. The number of likely N-dealkylation sites (N-methyl/N-ethyl adjacent to an activating group) is 1. The average Bonchev–Trinajstić information content (AvgIpc) is 2.41. The molecule has 0 fully saturated rings. The molecule has 0 rings (SSSR count). The molecule has 0 aliphatic rings. The van der Waals surface area contributed by atoms with Crippen molar-refractivity contribution in [3.63, 3.8) is 0 Å². The Bertz CT molecular complexity index is 170. The van der Waals surface area contributed by atoms with Crippen LogP contribution in [0.15, 0.2) is 0 Å². The Labute approximate surface area is 122 Å². The first kappa shape index (κ1) is 18.9. The van der Waals surface area contributed by atoms with Crippen LogP contribution in [0.25, 0.3) is 0 Å². The van der Waals surface area contributed by atoms with E-state index in [1.807, 2.05) is 0 Å². The van der Waals surface area contributed by atoms with Gasteiger partial charge < -0.3 is 9.22 Å². The highest BCUT2D eigenvalue weighted by molar-refractivity contribution is 4.46. The smallest absolute Gasteiger partial charge is 0.102 e. The molecule has 0 amide bonds. The third-order valence-corrected chi connectivity index (χ3v) is 3.98. The number of unbranched alkanes of at least 4 members (excludes halogenated alkanes) is 5. The zero-order valence-corrected chi connectivity index (χ0v) is 14.0. The van der Waals surface area contributed by atoms with Gasteiger partial charge in [-0.05, 0) is 32.1 Å². The van der Waals surface area contributed by atoms with Crippen LogP contribution in [-0.4, -0.2) is 44.4 Å². The zero-order valence-electron chi connectivity index (χ0n) is 14.0. The minimum absolute atomic E-state index is 0.921. The van der Waals surface area contributed by atoms with E-state index >= 15 is 0 Å². The van der Waals surface area contributed by atoms with Crippen molar-refractivity contribution >= 4 is 0 Å². The highest BCUT2D eigenvalue weighted by Crippen LogP contribution is 2.11. The maximum atomic E-state index is 5.70. The number of ether oxygens (including phenoxy) is 1. The van der Waals surface area contributed by atoms with E-state index in [4.69, 9.17) is 4.74 Å². The molecule has 0 saturated carbocycles. The number of rotatable bonds is 14. The summed E-state index contributed by atoms with van der Waals surface area (Å²) >= 11 is 0. The largest absolute Gasteiger partial charge is 0.376 e. The van der Waals surface area contributed by atoms with Gasteiger partial charge >= 0.3 is 0 Å². The Kier molecular flexibility index (Phi) is 12.9. The van der Waals surface area contributed by atoms with Crippen LogP contribution in [0, 0.1) is 0 Å². The van der Waals surface area contributed by atoms with Crippen LogP contribution < -0.4 is 0 Å². The van der Waals surface area contributed by atoms with Crippen molar-refractivity contribution in [2.45, 2.75) is 72.1 Å². The number of hydrogen-bond acceptors (Lipinski definition) is 1. The maximum absolute atomic E-state index is 5.70. The fourth-order valence-corrected chi connectivity index (χ4v) is 2.53. The lowest BCUT2D eigenvalue weighted by Gasteiger charge is -2.35. The third-order valence-electron chi connectivity index (χ3n) is 3.98. The molecule has 0 radical (unpaired) electrons. The quantitative estimate of drug-likeness (QED) is 0.331. The second kappa shape index (κ2) is 12.9. The molecule has 0 aliphatic carbocycles. The van der Waals surface area contributed by atoms with Gasteiger partial charge in [0.2, 0.25) is 0 Å². The standard InChI is InChI=1S/C17H38NO/c1-5-8-10-12-14-18(4,13-11-9-6-2)15-17-19-16-7-3/h5-17H2,1-4H3/q+1. The minimum atomic E-state index is 0.921. The summed E-state index contributed by atoms with van der Waals surface area (Å²) in [6.07, 6.45) is 10.7. The van der Waals surface area contributed by atoms with Crippen LogP contribution in [-0.2, 0) is 4.74 Å². The van der Waals surface area contributed by atoms with Gasteiger partial charge in [0.1, 0.15) is 6.54 Å². The number of quaternary nitrogens is 1. The van der Waals surface area contributed by atoms with Crippen molar-refractivity contribution in [3.05, 3.63) is 0 Å². The summed E-state index contributed by atoms with van der Waals surface area (Å²) in [6.45, 7) is 12.5. The van der Waals surface area contributed by atoms with Gasteiger partial charge in [0.25, 0.3) is 0 Å². The van der Waals surface area contributed by atoms with Crippen molar-refractivity contribution in [2.75, 3.05) is 39.9 Å². The summed E-state index contributed by atoms with van der Waals surface area (Å²) in [5.41, 5.74) is 0. The summed E-state index contributed by atoms with van der Waals surface area (Å²) < 4.78 is 6.91. The molecule has 1 atom stereocenters. The topological polar surface area (TPSA) is 9.23 Å². The summed E-state index contributed by atoms with van der Waals surface area (Å²) in [7, 11) is 2.43. The average molecular weight is 272 g/mol. The normalized spacial score (nSPS) is 14.5. The molecule has 0 spiro atoms. The SMILES string of the molecule is CCCCCC[N+](C)(CCCCC)CCOCCC. The lowest BCUT2D eigenvalue weighted by atomic mass is 10.1. The van der Waals surface area contributed by atoms with Gasteiger partial charge in [0.15, 0.2) is 0 Å². The Hall–Kier alpha value is -0.0800. The van der Waals surface area contributed by atoms with Crippen LogP contribution in [0.1, 0.15) is 72.1 Å². The Morgan fingerprint density at radius 2 is 1.21 bits per heavy atom. The van der Waals surface area contributed by atoms with Gasteiger partial charge in [-0.15, -0.1) is 0 Å². The lowest BCUT2D eigenvalue weighted by molar-refractivity contribution is -0.910. The molecule has 0 heterocycles. The molecular formula is C17H38NO+. The first-order valence-corrected chi connectivity index (χ1v) is 8.59. The van der Waals surface area contributed by atoms with Crippen molar-refractivity contribution < 1.29 is 9.22 Å². The molecule has 0 saturated heterocycles. The van der Waals surface area contributed by atoms with Gasteiger partial charge in [0.05, 0.1) is 26.7 Å². The van der Waals surface area contributed by atoms with E-state index in [-0.39, 0.29) is 0 Å². The second-order valence-electron chi connectivity index (χ2n) is 6.17. The summed E-state index contributed by atoms with van der Waals surface area (Å²) in [6, 6.07) is 0. The molecule has 0 bridgehead atoms. The minimum Gasteiger partial charge on any atom is -0.376 e. The zero-order chi connectivity index (χ0) is 14.4. The number of nitrogens with zero attached hydrogens (tertiary/aromatic N) is 1. The Balaban J connectivity index is 3.96. The summed E-state index contributed by atoms with van der Waals surface area (Å²) in [4.78, 5) is 0. The van der Waals surface area contributed by atoms with Gasteiger partial charge in [0, 0.05) is 6.61 Å². The van der Waals surface area contributed by atoms with Crippen LogP contribution in [0.2, 0.25) is 0 Å². The van der Waals surface area contributed by atoms with Gasteiger partial charge in [-0.25, -0.2) is 0 Å². The molecule has 0 N–H and O–H groups in total. The predicted molar refractivity (Wildman–Crippen MR) is 85.6 cm³/mol. The fraction of sp³-hybridized carbons (Fsp3) is 1.00. The van der Waals surface area contributed by atoms with E-state index in [0.29, 0.717) is 0 Å². The first-order valence-electron chi connectivity index (χ1n) is 8.59. The molecule has 0 aliphatic heterocycles. The van der Waals surface area contributed by atoms with Gasteiger partial charge in [-0.2, -0.15) is 0 Å². The van der Waals surface area contributed by atoms with Crippen molar-refractivity contribution in [2.24, 2.45) is 0 Å². The molecule has 2 nitrogen and oxygen atoms in total. The molecule has 19 heavy (non-hydrogen) atoms. The fourth-order valence-electron chi connectivity index (χ4n) is 2.53. The Morgan fingerprint density at radius 3 is 1.79 bits per heavy atom. The van der Waals surface area contributed by atoms with Crippen LogP contribution in [0.3, 0.4) is 0 Å². The van der Waals surface area contributed by atoms with E-state index in [0.717, 1.165) is 19.6 Å². The predicted octanol–water partition coefficient (Wildman–Crippen LogP) is 4.63.